The Morgan fingerprint density at radius 1 is 1.09 bits per heavy atom. The first-order valence-corrected chi connectivity index (χ1v) is 6.95. The van der Waals surface area contributed by atoms with Gasteiger partial charge in [0, 0.05) is 5.76 Å². The second-order valence-corrected chi connectivity index (χ2v) is 5.41. The molecule has 0 radical (unpaired) electrons. The van der Waals surface area contributed by atoms with Gasteiger partial charge in [-0.05, 0) is 28.9 Å². The maximum atomic E-state index is 13.0. The number of benzene rings is 2. The van der Waals surface area contributed by atoms with Crippen molar-refractivity contribution in [1.29, 1.82) is 0 Å². The van der Waals surface area contributed by atoms with Crippen LogP contribution in [0.5, 0.6) is 0 Å². The van der Waals surface area contributed by atoms with Gasteiger partial charge in [-0.15, -0.1) is 4.52 Å². The van der Waals surface area contributed by atoms with E-state index in [-0.39, 0.29) is 10.4 Å². The Hall–Kier alpha value is -2.54. The van der Waals surface area contributed by atoms with E-state index < -0.39 is 17.3 Å². The Bertz CT molecular complexity index is 1130. The molecule has 2 heterocycles. The number of rotatable bonds is 0. The molecular weight excluding hydrogens is 331 g/mol. The van der Waals surface area contributed by atoms with Gasteiger partial charge in [0.1, 0.15) is 5.35 Å². The van der Waals surface area contributed by atoms with Crippen LogP contribution in [0.3, 0.4) is 0 Å². The first-order chi connectivity index (χ1) is 10.9. The van der Waals surface area contributed by atoms with Crippen LogP contribution < -0.4 is 15.0 Å². The Balaban J connectivity index is 2.41. The molecule has 0 bridgehead atoms. The van der Waals surface area contributed by atoms with E-state index in [1.54, 1.807) is 36.4 Å². The standard InChI is InChI=1S/C15H7ClF3N3O/c16-8-4-3-7-11-12(8)13(14(23)15(17,18)19)22-20-9-5-1-2-6-10(9)21(11)22/h1-7H. The molecule has 0 aliphatic heterocycles. The van der Waals surface area contributed by atoms with Crippen molar-refractivity contribution in [3.05, 3.63) is 52.8 Å². The fraction of sp³-hybridized carbons (Fsp3) is 0.0667. The van der Waals surface area contributed by atoms with Gasteiger partial charge in [-0.2, -0.15) is 13.2 Å². The lowest BCUT2D eigenvalue weighted by atomic mass is 10.2. The predicted molar refractivity (Wildman–Crippen MR) is 75.5 cm³/mol. The van der Waals surface area contributed by atoms with Crippen LogP contribution in [0.15, 0.2) is 42.5 Å². The van der Waals surface area contributed by atoms with Gasteiger partial charge in [0.15, 0.2) is 5.52 Å². The van der Waals surface area contributed by atoms with Crippen LogP contribution in [-0.4, -0.2) is 15.9 Å². The van der Waals surface area contributed by atoms with Crippen molar-refractivity contribution in [2.45, 2.75) is 6.18 Å². The lowest BCUT2D eigenvalue weighted by Crippen LogP contribution is -2.37. The van der Waals surface area contributed by atoms with Crippen LogP contribution in [0.1, 0.15) is 0 Å². The third-order valence-corrected chi connectivity index (χ3v) is 3.95. The number of hydrogen-bond donors (Lipinski definition) is 0. The number of para-hydroxylation sites is 1. The molecule has 0 saturated carbocycles. The second-order valence-electron chi connectivity index (χ2n) is 5.00. The van der Waals surface area contributed by atoms with Crippen molar-refractivity contribution in [2.75, 3.05) is 0 Å². The summed E-state index contributed by atoms with van der Waals surface area (Å²) in [5.74, 6) is -1.98. The zero-order valence-corrected chi connectivity index (χ0v) is 12.1. The Labute approximate surface area is 131 Å². The Morgan fingerprint density at radius 3 is 2.52 bits per heavy atom. The molecule has 4 rings (SSSR count). The van der Waals surface area contributed by atoms with Gasteiger partial charge in [0.05, 0.1) is 15.5 Å². The number of alkyl halides is 3. The van der Waals surface area contributed by atoms with Crippen molar-refractivity contribution < 1.29 is 22.8 Å². The summed E-state index contributed by atoms with van der Waals surface area (Å²) in [5.41, 5.74) is 1.45. The minimum Gasteiger partial charge on any atom is -0.868 e. The quantitative estimate of drug-likeness (QED) is 0.458. The van der Waals surface area contributed by atoms with Crippen molar-refractivity contribution in [2.24, 2.45) is 0 Å². The maximum absolute atomic E-state index is 13.0. The lowest BCUT2D eigenvalue weighted by molar-refractivity contribution is -0.568. The fourth-order valence-corrected chi connectivity index (χ4v) is 2.98. The summed E-state index contributed by atoms with van der Waals surface area (Å²) in [6, 6.07) is 11.5. The molecule has 4 aromatic rings. The van der Waals surface area contributed by atoms with E-state index in [2.05, 4.69) is 5.10 Å². The third kappa shape index (κ3) is 1.86. The molecule has 0 spiro atoms. The van der Waals surface area contributed by atoms with Gasteiger partial charge in [-0.25, -0.2) is 0 Å². The molecule has 0 atom stereocenters. The van der Waals surface area contributed by atoms with Gasteiger partial charge >= 0.3 is 6.18 Å². The first-order valence-electron chi connectivity index (χ1n) is 6.58. The van der Waals surface area contributed by atoms with E-state index in [1.807, 2.05) is 0 Å². The minimum atomic E-state index is -5.02. The molecule has 116 valence electrons. The molecule has 2 aromatic heterocycles. The summed E-state index contributed by atoms with van der Waals surface area (Å²) in [7, 11) is 0. The second kappa shape index (κ2) is 4.48. The van der Waals surface area contributed by atoms with E-state index in [9.17, 15) is 18.3 Å². The normalized spacial score (nSPS) is 14.1. The number of halogens is 4. The SMILES string of the molecule is [O-]/C(=c1\c2c(Cl)cccc2[n+]2c3ccccc3nn12)C(F)(F)F. The summed E-state index contributed by atoms with van der Waals surface area (Å²) in [6.07, 6.45) is -5.02. The van der Waals surface area contributed by atoms with Crippen molar-refractivity contribution >= 4 is 39.3 Å². The van der Waals surface area contributed by atoms with Crippen LogP contribution in [0.25, 0.3) is 27.7 Å². The number of hydrogen-bond acceptors (Lipinski definition) is 2. The summed E-state index contributed by atoms with van der Waals surface area (Å²) < 4.78 is 41.5. The van der Waals surface area contributed by atoms with Gasteiger partial charge in [0.2, 0.25) is 11.0 Å². The molecule has 8 heteroatoms. The fourth-order valence-electron chi connectivity index (χ4n) is 2.72. The number of nitrogens with zero attached hydrogens (tertiary/aromatic N) is 3. The monoisotopic (exact) mass is 337 g/mol. The Morgan fingerprint density at radius 2 is 1.78 bits per heavy atom. The largest absolute Gasteiger partial charge is 0.868 e. The highest BCUT2D eigenvalue weighted by atomic mass is 35.5. The van der Waals surface area contributed by atoms with E-state index in [0.717, 1.165) is 4.63 Å². The maximum Gasteiger partial charge on any atom is 0.404 e. The minimum absolute atomic E-state index is 0.0368. The molecule has 0 aliphatic rings. The molecular formula is C15H7ClF3N3O. The van der Waals surface area contributed by atoms with Gasteiger partial charge in [-0.3, -0.25) is 0 Å². The van der Waals surface area contributed by atoms with E-state index in [1.165, 1.54) is 10.6 Å². The Kier molecular flexibility index (Phi) is 2.74. The van der Waals surface area contributed by atoms with Crippen LogP contribution in [0, 0.1) is 0 Å². The van der Waals surface area contributed by atoms with Gasteiger partial charge < -0.3 is 5.11 Å². The topological polar surface area (TPSA) is 44.5 Å². The predicted octanol–water partition coefficient (Wildman–Crippen LogP) is 1.63. The lowest BCUT2D eigenvalue weighted by Gasteiger charge is -2.13. The van der Waals surface area contributed by atoms with E-state index in [4.69, 9.17) is 11.6 Å². The zero-order valence-electron chi connectivity index (χ0n) is 11.3. The van der Waals surface area contributed by atoms with E-state index in [0.29, 0.717) is 16.6 Å². The number of aromatic nitrogens is 3. The molecule has 0 unspecified atom stereocenters. The highest BCUT2D eigenvalue weighted by Gasteiger charge is 2.32. The first kappa shape index (κ1) is 14.1. The molecule has 0 amide bonds. The molecule has 0 fully saturated rings. The van der Waals surface area contributed by atoms with Crippen molar-refractivity contribution in [3.8, 4) is 0 Å². The summed E-state index contributed by atoms with van der Waals surface area (Å²) in [4.78, 5) is 0. The summed E-state index contributed by atoms with van der Waals surface area (Å²) in [6.45, 7) is 0. The summed E-state index contributed by atoms with van der Waals surface area (Å²) in [5, 5.41) is 15.6. The number of fused-ring (bicyclic) bond motifs is 5. The van der Waals surface area contributed by atoms with Gasteiger partial charge in [-0.1, -0.05) is 29.8 Å². The van der Waals surface area contributed by atoms with Crippen LogP contribution in [0.4, 0.5) is 13.2 Å². The molecule has 2 aromatic carbocycles. The molecule has 23 heavy (non-hydrogen) atoms. The third-order valence-electron chi connectivity index (χ3n) is 3.63. The average Bonchev–Trinajstić information content (AvgIpc) is 3.01. The van der Waals surface area contributed by atoms with Gasteiger partial charge in [0.25, 0.3) is 0 Å². The van der Waals surface area contributed by atoms with Crippen molar-refractivity contribution in [3.63, 3.8) is 0 Å². The highest BCUT2D eigenvalue weighted by Crippen LogP contribution is 2.24. The zero-order chi connectivity index (χ0) is 16.4. The van der Waals surface area contributed by atoms with Crippen molar-refractivity contribution in [1.82, 2.24) is 9.73 Å². The summed E-state index contributed by atoms with van der Waals surface area (Å²) >= 11 is 6.06. The molecule has 0 N–H and O–H groups in total. The van der Waals surface area contributed by atoms with Crippen LogP contribution in [-0.2, 0) is 0 Å². The van der Waals surface area contributed by atoms with Crippen LogP contribution >= 0.6 is 11.6 Å². The smallest absolute Gasteiger partial charge is 0.404 e. The molecule has 4 nitrogen and oxygen atoms in total. The van der Waals surface area contributed by atoms with E-state index >= 15 is 0 Å². The average molecular weight is 338 g/mol. The molecule has 0 aliphatic carbocycles. The molecule has 0 saturated heterocycles. The van der Waals surface area contributed by atoms with Crippen LogP contribution in [0.2, 0.25) is 5.02 Å². The highest BCUT2D eigenvalue weighted by molar-refractivity contribution is 6.35.